The molecule has 0 unspecified atom stereocenters. The van der Waals surface area contributed by atoms with E-state index in [1.807, 2.05) is 24.3 Å². The number of halogens is 2. The van der Waals surface area contributed by atoms with Crippen LogP contribution >= 0.6 is 23.2 Å². The molecule has 0 aliphatic carbocycles. The highest BCUT2D eigenvalue weighted by Crippen LogP contribution is 2.23. The Morgan fingerprint density at radius 2 is 1.68 bits per heavy atom. The Morgan fingerprint density at radius 3 is 2.29 bits per heavy atom. The normalized spacial score (nSPS) is 15.6. The Morgan fingerprint density at radius 1 is 1.04 bits per heavy atom. The van der Waals surface area contributed by atoms with E-state index in [1.165, 1.54) is 25.2 Å². The van der Waals surface area contributed by atoms with Gasteiger partial charge in [0.05, 0.1) is 15.5 Å². The van der Waals surface area contributed by atoms with Gasteiger partial charge in [-0.15, -0.1) is 0 Å². The third-order valence-electron chi connectivity index (χ3n) is 4.73. The molecule has 0 spiro atoms. The summed E-state index contributed by atoms with van der Waals surface area (Å²) in [4.78, 5) is 16.9. The van der Waals surface area contributed by atoms with E-state index in [1.54, 1.807) is 4.90 Å². The second kappa shape index (κ2) is 8.80. The number of carbonyl (C=O) groups is 1. The molecule has 1 N–H and O–H groups in total. The molecule has 1 aliphatic heterocycles. The zero-order valence-electron chi connectivity index (χ0n) is 15.4. The van der Waals surface area contributed by atoms with Gasteiger partial charge in [-0.05, 0) is 42.9 Å². The Labute approximate surface area is 175 Å². The van der Waals surface area contributed by atoms with Crippen LogP contribution in [0.4, 0.5) is 0 Å². The van der Waals surface area contributed by atoms with Gasteiger partial charge >= 0.3 is 0 Å². The van der Waals surface area contributed by atoms with Gasteiger partial charge < -0.3 is 4.90 Å². The molecular formula is C19H21Cl2N3O3S. The summed E-state index contributed by atoms with van der Waals surface area (Å²) in [5.74, 6) is -0.260. The van der Waals surface area contributed by atoms with E-state index in [-0.39, 0.29) is 21.4 Å². The molecule has 2 aromatic carbocycles. The van der Waals surface area contributed by atoms with Crippen LogP contribution in [0.5, 0.6) is 0 Å². The summed E-state index contributed by atoms with van der Waals surface area (Å²) >= 11 is 12.1. The third kappa shape index (κ3) is 4.85. The highest BCUT2D eigenvalue weighted by atomic mass is 35.5. The Kier molecular flexibility index (Phi) is 6.62. The molecule has 0 atom stereocenters. The average molecular weight is 442 g/mol. The van der Waals surface area contributed by atoms with E-state index >= 15 is 0 Å². The summed E-state index contributed by atoms with van der Waals surface area (Å²) in [6, 6.07) is 11.9. The first-order valence-electron chi connectivity index (χ1n) is 8.79. The van der Waals surface area contributed by atoms with E-state index in [4.69, 9.17) is 23.2 Å². The lowest BCUT2D eigenvalue weighted by Crippen LogP contribution is -2.48. The van der Waals surface area contributed by atoms with Crippen LogP contribution < -0.4 is 4.72 Å². The lowest BCUT2D eigenvalue weighted by Gasteiger charge is -2.35. The Balaban J connectivity index is 1.66. The maximum absolute atomic E-state index is 12.9. The molecule has 2 aromatic rings. The fourth-order valence-corrected chi connectivity index (χ4v) is 4.16. The van der Waals surface area contributed by atoms with Crippen molar-refractivity contribution in [3.05, 3.63) is 63.6 Å². The maximum atomic E-state index is 12.9. The largest absolute Gasteiger partial charge is 0.336 e. The van der Waals surface area contributed by atoms with Crippen molar-refractivity contribution in [1.82, 2.24) is 14.5 Å². The van der Waals surface area contributed by atoms with Gasteiger partial charge in [0.25, 0.3) is 5.91 Å². The second-order valence-corrected chi connectivity index (χ2v) is 9.27. The molecular weight excluding hydrogens is 421 g/mol. The summed E-state index contributed by atoms with van der Waals surface area (Å²) in [5, 5.41) is 0.946. The molecule has 1 heterocycles. The Hall–Kier alpha value is -1.64. The van der Waals surface area contributed by atoms with Gasteiger partial charge in [-0.3, -0.25) is 9.69 Å². The molecule has 9 heteroatoms. The number of rotatable bonds is 5. The molecule has 150 valence electrons. The SMILES string of the molecule is CNS(=O)(=O)c1ccc(Cl)c(C(=O)N2CCN(Cc3ccc(Cl)cc3)CC2)c1. The minimum Gasteiger partial charge on any atom is -0.336 e. The number of carbonyl (C=O) groups excluding carboxylic acids is 1. The van der Waals surface area contributed by atoms with E-state index in [0.29, 0.717) is 18.1 Å². The standard InChI is InChI=1S/C19H21Cl2N3O3S/c1-22-28(26,27)16-6-7-18(21)17(12-16)19(25)24-10-8-23(9-11-24)13-14-2-4-15(20)5-3-14/h2-7,12,22H,8-11,13H2,1H3. The lowest BCUT2D eigenvalue weighted by atomic mass is 10.1. The van der Waals surface area contributed by atoms with E-state index < -0.39 is 10.0 Å². The Bertz CT molecular complexity index is 957. The zero-order valence-corrected chi connectivity index (χ0v) is 17.7. The second-order valence-electron chi connectivity index (χ2n) is 6.54. The number of benzene rings is 2. The number of sulfonamides is 1. The van der Waals surface area contributed by atoms with Gasteiger partial charge in [0.1, 0.15) is 0 Å². The van der Waals surface area contributed by atoms with E-state index in [2.05, 4.69) is 9.62 Å². The number of hydrogen-bond acceptors (Lipinski definition) is 4. The average Bonchev–Trinajstić information content (AvgIpc) is 2.70. The molecule has 1 fully saturated rings. The van der Waals surface area contributed by atoms with Gasteiger partial charge in [-0.25, -0.2) is 13.1 Å². The molecule has 0 aromatic heterocycles. The smallest absolute Gasteiger partial charge is 0.255 e. The quantitative estimate of drug-likeness (QED) is 0.774. The third-order valence-corrected chi connectivity index (χ3v) is 6.72. The fraction of sp³-hybridized carbons (Fsp3) is 0.316. The number of hydrogen-bond donors (Lipinski definition) is 1. The number of amides is 1. The molecule has 6 nitrogen and oxygen atoms in total. The van der Waals surface area contributed by atoms with Crippen LogP contribution in [0.15, 0.2) is 47.4 Å². The van der Waals surface area contributed by atoms with Crippen LogP contribution in [0.2, 0.25) is 10.0 Å². The summed E-state index contributed by atoms with van der Waals surface area (Å²) in [7, 11) is -2.32. The predicted molar refractivity (Wildman–Crippen MR) is 110 cm³/mol. The van der Waals surface area contributed by atoms with Crippen molar-refractivity contribution in [1.29, 1.82) is 0 Å². The first-order valence-corrected chi connectivity index (χ1v) is 11.0. The molecule has 28 heavy (non-hydrogen) atoms. The predicted octanol–water partition coefficient (Wildman–Crippen LogP) is 2.86. The van der Waals surface area contributed by atoms with Crippen LogP contribution in [0.3, 0.4) is 0 Å². The summed E-state index contributed by atoms with van der Waals surface area (Å²) in [6.07, 6.45) is 0. The van der Waals surface area contributed by atoms with Crippen molar-refractivity contribution < 1.29 is 13.2 Å². The van der Waals surface area contributed by atoms with Crippen LogP contribution in [0.25, 0.3) is 0 Å². The number of piperazine rings is 1. The van der Waals surface area contributed by atoms with Gasteiger partial charge in [0.15, 0.2) is 0 Å². The van der Waals surface area contributed by atoms with Crippen molar-refractivity contribution >= 4 is 39.1 Å². The summed E-state index contributed by atoms with van der Waals surface area (Å²) in [6.45, 7) is 3.33. The highest BCUT2D eigenvalue weighted by Gasteiger charge is 2.25. The lowest BCUT2D eigenvalue weighted by molar-refractivity contribution is 0.0628. The van der Waals surface area contributed by atoms with Crippen molar-refractivity contribution in [2.24, 2.45) is 0 Å². The van der Waals surface area contributed by atoms with Crippen molar-refractivity contribution in [2.75, 3.05) is 33.2 Å². The zero-order chi connectivity index (χ0) is 20.3. The molecule has 1 amide bonds. The van der Waals surface area contributed by atoms with Gasteiger partial charge in [0, 0.05) is 37.7 Å². The molecule has 0 radical (unpaired) electrons. The number of nitrogens with one attached hydrogen (secondary N) is 1. The van der Waals surface area contributed by atoms with Gasteiger partial charge in [-0.2, -0.15) is 0 Å². The minimum atomic E-state index is -3.65. The molecule has 3 rings (SSSR count). The topological polar surface area (TPSA) is 69.7 Å². The van der Waals surface area contributed by atoms with Crippen molar-refractivity contribution in [3.8, 4) is 0 Å². The molecule has 0 saturated carbocycles. The van der Waals surface area contributed by atoms with E-state index in [9.17, 15) is 13.2 Å². The van der Waals surface area contributed by atoms with Crippen LogP contribution in [-0.2, 0) is 16.6 Å². The molecule has 1 saturated heterocycles. The van der Waals surface area contributed by atoms with Gasteiger partial charge in [0.2, 0.25) is 10.0 Å². The molecule has 1 aliphatic rings. The van der Waals surface area contributed by atoms with Gasteiger partial charge in [-0.1, -0.05) is 35.3 Å². The summed E-state index contributed by atoms with van der Waals surface area (Å²) in [5.41, 5.74) is 1.36. The highest BCUT2D eigenvalue weighted by molar-refractivity contribution is 7.89. The first kappa shape index (κ1) is 21.1. The first-order chi connectivity index (χ1) is 13.3. The van der Waals surface area contributed by atoms with Crippen LogP contribution in [-0.4, -0.2) is 57.4 Å². The van der Waals surface area contributed by atoms with Crippen LogP contribution in [0, 0.1) is 0 Å². The minimum absolute atomic E-state index is 0.0177. The monoisotopic (exact) mass is 441 g/mol. The fourth-order valence-electron chi connectivity index (χ4n) is 3.08. The van der Waals surface area contributed by atoms with Crippen molar-refractivity contribution in [2.45, 2.75) is 11.4 Å². The van der Waals surface area contributed by atoms with Crippen LogP contribution in [0.1, 0.15) is 15.9 Å². The van der Waals surface area contributed by atoms with Crippen molar-refractivity contribution in [3.63, 3.8) is 0 Å². The van der Waals surface area contributed by atoms with E-state index in [0.717, 1.165) is 25.2 Å². The summed E-state index contributed by atoms with van der Waals surface area (Å²) < 4.78 is 26.3. The number of nitrogens with zero attached hydrogens (tertiary/aromatic N) is 2. The maximum Gasteiger partial charge on any atom is 0.255 e. The molecule has 0 bridgehead atoms.